The van der Waals surface area contributed by atoms with E-state index in [-0.39, 0.29) is 11.8 Å². The van der Waals surface area contributed by atoms with Crippen LogP contribution < -0.4 is 10.6 Å². The van der Waals surface area contributed by atoms with Crippen LogP contribution in [0.1, 0.15) is 15.9 Å². The van der Waals surface area contributed by atoms with Crippen molar-refractivity contribution in [2.75, 3.05) is 10.6 Å². The van der Waals surface area contributed by atoms with Crippen molar-refractivity contribution in [1.29, 1.82) is 0 Å². The van der Waals surface area contributed by atoms with Crippen LogP contribution in [0.3, 0.4) is 0 Å². The van der Waals surface area contributed by atoms with Crippen LogP contribution in [-0.4, -0.2) is 16.8 Å². The van der Waals surface area contributed by atoms with Gasteiger partial charge in [0.25, 0.3) is 5.91 Å². The Morgan fingerprint density at radius 3 is 2.48 bits per heavy atom. The lowest BCUT2D eigenvalue weighted by Crippen LogP contribution is -2.14. The molecule has 2 N–H and O–H groups in total. The Balaban J connectivity index is 1.64. The summed E-state index contributed by atoms with van der Waals surface area (Å²) in [5.41, 5.74) is 1.89. The van der Waals surface area contributed by atoms with Crippen molar-refractivity contribution in [2.24, 2.45) is 0 Å². The third-order valence-electron chi connectivity index (χ3n) is 3.59. The Morgan fingerprint density at radius 1 is 0.926 bits per heavy atom. The first-order valence-electron chi connectivity index (χ1n) is 8.17. The lowest BCUT2D eigenvalue weighted by Gasteiger charge is -2.07. The average Bonchev–Trinajstić information content (AvgIpc) is 2.69. The summed E-state index contributed by atoms with van der Waals surface area (Å²) in [6.45, 7) is 0. The zero-order valence-electron chi connectivity index (χ0n) is 14.2. The number of nitrogens with zero attached hydrogens (tertiary/aromatic N) is 1. The summed E-state index contributed by atoms with van der Waals surface area (Å²) in [6.07, 6.45) is 4.78. The van der Waals surface area contributed by atoms with Gasteiger partial charge in [0.05, 0.1) is 0 Å². The normalized spacial score (nSPS) is 10.6. The number of rotatable bonds is 5. The minimum absolute atomic E-state index is 0.272. The molecule has 0 saturated heterocycles. The molecule has 2 aromatic carbocycles. The van der Waals surface area contributed by atoms with Gasteiger partial charge in [-0.15, -0.1) is 0 Å². The number of carbonyl (C=O) groups is 2. The summed E-state index contributed by atoms with van der Waals surface area (Å²) in [5, 5.41) is 5.47. The highest BCUT2D eigenvalue weighted by Crippen LogP contribution is 2.14. The number of hydrogen-bond acceptors (Lipinski definition) is 3. The number of nitrogens with one attached hydrogen (secondary N) is 2. The van der Waals surface area contributed by atoms with Crippen molar-refractivity contribution in [2.45, 2.75) is 0 Å². The van der Waals surface area contributed by atoms with Gasteiger partial charge in [-0.3, -0.25) is 9.59 Å². The number of carbonyl (C=O) groups excluding carboxylic acids is 2. The molecule has 27 heavy (non-hydrogen) atoms. The second-order valence-corrected chi connectivity index (χ2v) is 6.55. The number of anilines is 2. The minimum atomic E-state index is -0.305. The van der Waals surface area contributed by atoms with Gasteiger partial charge in [-0.05, 0) is 57.9 Å². The third kappa shape index (κ3) is 5.62. The van der Waals surface area contributed by atoms with Crippen molar-refractivity contribution in [3.05, 3.63) is 94.6 Å². The van der Waals surface area contributed by atoms with Crippen LogP contribution in [0.5, 0.6) is 0 Å². The van der Waals surface area contributed by atoms with Gasteiger partial charge in [0.1, 0.15) is 5.82 Å². The maximum Gasteiger partial charge on any atom is 0.256 e. The molecule has 0 unspecified atom stereocenters. The summed E-state index contributed by atoms with van der Waals surface area (Å²) < 4.78 is 0.828. The van der Waals surface area contributed by atoms with Crippen LogP contribution in [0.4, 0.5) is 11.5 Å². The molecular formula is C21H16BrN3O2. The van der Waals surface area contributed by atoms with E-state index in [1.54, 1.807) is 48.7 Å². The van der Waals surface area contributed by atoms with Gasteiger partial charge in [-0.1, -0.05) is 36.4 Å². The second-order valence-electron chi connectivity index (χ2n) is 5.63. The Morgan fingerprint density at radius 2 is 1.74 bits per heavy atom. The molecule has 134 valence electrons. The summed E-state index contributed by atoms with van der Waals surface area (Å²) in [7, 11) is 0. The minimum Gasteiger partial charge on any atom is -0.322 e. The van der Waals surface area contributed by atoms with Gasteiger partial charge >= 0.3 is 0 Å². The number of aromatic nitrogens is 1. The van der Waals surface area contributed by atoms with E-state index in [1.807, 2.05) is 30.3 Å². The molecule has 1 heterocycles. The molecule has 5 nitrogen and oxygen atoms in total. The van der Waals surface area contributed by atoms with Gasteiger partial charge in [0.2, 0.25) is 5.91 Å². The molecule has 6 heteroatoms. The molecule has 0 fully saturated rings. The molecule has 0 saturated carbocycles. The van der Waals surface area contributed by atoms with Crippen molar-refractivity contribution in [1.82, 2.24) is 4.98 Å². The molecule has 0 bridgehead atoms. The van der Waals surface area contributed by atoms with Gasteiger partial charge in [-0.2, -0.15) is 0 Å². The average molecular weight is 422 g/mol. The quantitative estimate of drug-likeness (QED) is 0.583. The molecule has 3 aromatic rings. The molecule has 0 spiro atoms. The summed E-state index contributed by atoms with van der Waals surface area (Å²) >= 11 is 3.30. The molecule has 0 atom stereocenters. The van der Waals surface area contributed by atoms with E-state index < -0.39 is 0 Å². The zero-order valence-corrected chi connectivity index (χ0v) is 15.8. The third-order valence-corrected chi connectivity index (χ3v) is 4.06. The van der Waals surface area contributed by atoms with Crippen LogP contribution in [0, 0.1) is 0 Å². The molecule has 0 aliphatic rings. The smallest absolute Gasteiger partial charge is 0.256 e. The number of benzene rings is 2. The first-order valence-corrected chi connectivity index (χ1v) is 8.96. The topological polar surface area (TPSA) is 71.1 Å². The van der Waals surface area contributed by atoms with Crippen molar-refractivity contribution >= 4 is 45.3 Å². The summed E-state index contributed by atoms with van der Waals surface area (Å²) in [4.78, 5) is 28.5. The standard InChI is InChI=1S/C21H16BrN3O2/c22-17-10-11-19(23-14-17)25-21(27)16-7-4-8-18(13-16)24-20(26)12-9-15-5-2-1-3-6-15/h1-14H,(H,24,26)(H,23,25,27)/b12-9+. The highest BCUT2D eigenvalue weighted by Gasteiger charge is 2.08. The maximum atomic E-state index is 12.4. The molecule has 2 amide bonds. The largest absolute Gasteiger partial charge is 0.322 e. The van der Waals surface area contributed by atoms with Gasteiger partial charge in [-0.25, -0.2) is 4.98 Å². The highest BCUT2D eigenvalue weighted by molar-refractivity contribution is 9.10. The Kier molecular flexibility index (Phi) is 6.12. The lowest BCUT2D eigenvalue weighted by atomic mass is 10.2. The fourth-order valence-corrected chi connectivity index (χ4v) is 2.53. The molecule has 0 radical (unpaired) electrons. The van der Waals surface area contributed by atoms with E-state index >= 15 is 0 Å². The van der Waals surface area contributed by atoms with E-state index in [4.69, 9.17) is 0 Å². The Hall–Kier alpha value is -3.25. The van der Waals surface area contributed by atoms with Crippen molar-refractivity contribution in [3.8, 4) is 0 Å². The number of amides is 2. The fourth-order valence-electron chi connectivity index (χ4n) is 2.30. The van der Waals surface area contributed by atoms with Crippen LogP contribution in [0.25, 0.3) is 6.08 Å². The summed E-state index contributed by atoms with van der Waals surface area (Å²) in [5.74, 6) is -0.129. The lowest BCUT2D eigenvalue weighted by molar-refractivity contribution is -0.111. The first-order chi connectivity index (χ1) is 13.1. The van der Waals surface area contributed by atoms with Gasteiger partial charge < -0.3 is 10.6 Å². The van der Waals surface area contributed by atoms with E-state index in [9.17, 15) is 9.59 Å². The molecule has 0 aliphatic heterocycles. The second kappa shape index (κ2) is 8.91. The number of hydrogen-bond donors (Lipinski definition) is 2. The van der Waals surface area contributed by atoms with Crippen LogP contribution in [0.15, 0.2) is 83.5 Å². The number of pyridine rings is 1. The highest BCUT2D eigenvalue weighted by atomic mass is 79.9. The van der Waals surface area contributed by atoms with Crippen molar-refractivity contribution in [3.63, 3.8) is 0 Å². The monoisotopic (exact) mass is 421 g/mol. The SMILES string of the molecule is O=C(/C=C/c1ccccc1)Nc1cccc(C(=O)Nc2ccc(Br)cn2)c1. The predicted molar refractivity (Wildman–Crippen MR) is 110 cm³/mol. The molecule has 3 rings (SSSR count). The van der Waals surface area contributed by atoms with Crippen LogP contribution in [-0.2, 0) is 4.79 Å². The number of halogens is 1. The first kappa shape index (κ1) is 18.5. The van der Waals surface area contributed by atoms with Gasteiger partial charge in [0.15, 0.2) is 0 Å². The van der Waals surface area contributed by atoms with E-state index in [2.05, 4.69) is 31.5 Å². The molecule has 0 aliphatic carbocycles. The maximum absolute atomic E-state index is 12.4. The van der Waals surface area contributed by atoms with Gasteiger partial charge in [0, 0.05) is 28.0 Å². The Bertz CT molecular complexity index is 970. The van der Waals surface area contributed by atoms with Crippen molar-refractivity contribution < 1.29 is 9.59 Å². The van der Waals surface area contributed by atoms with Crippen LogP contribution in [0.2, 0.25) is 0 Å². The molecular weight excluding hydrogens is 406 g/mol. The molecule has 1 aromatic heterocycles. The van der Waals surface area contributed by atoms with E-state index in [1.165, 1.54) is 6.08 Å². The van der Waals surface area contributed by atoms with E-state index in [0.29, 0.717) is 17.1 Å². The summed E-state index contributed by atoms with van der Waals surface area (Å²) in [6, 6.07) is 19.7. The van der Waals surface area contributed by atoms with Crippen LogP contribution >= 0.6 is 15.9 Å². The van der Waals surface area contributed by atoms with E-state index in [0.717, 1.165) is 10.0 Å². The fraction of sp³-hybridized carbons (Fsp3) is 0. The predicted octanol–water partition coefficient (Wildman–Crippen LogP) is 4.75. The Labute approximate surface area is 165 Å². The zero-order chi connectivity index (χ0) is 19.1.